The van der Waals surface area contributed by atoms with Gasteiger partial charge in [0, 0.05) is 7.05 Å². The zero-order chi connectivity index (χ0) is 14.5. The predicted molar refractivity (Wildman–Crippen MR) is 71.5 cm³/mol. The van der Waals surface area contributed by atoms with Gasteiger partial charge in [0.25, 0.3) is 10.0 Å². The SMILES string of the molecule is COc1ccsc1S(=O)(=O)N1CC2(CN(C)C(=O)O2)C1. The summed E-state index contributed by atoms with van der Waals surface area (Å²) >= 11 is 1.12. The average Bonchev–Trinajstić information content (AvgIpc) is 2.93. The molecule has 3 heterocycles. The summed E-state index contributed by atoms with van der Waals surface area (Å²) in [6.07, 6.45) is -0.407. The van der Waals surface area contributed by atoms with Crippen LogP contribution in [0.2, 0.25) is 0 Å². The lowest BCUT2D eigenvalue weighted by atomic mass is 9.97. The molecule has 0 unspecified atom stereocenters. The van der Waals surface area contributed by atoms with Gasteiger partial charge in [-0.2, -0.15) is 4.31 Å². The number of likely N-dealkylation sites (N-methyl/N-ethyl adjacent to an activating group) is 1. The number of amides is 1. The van der Waals surface area contributed by atoms with E-state index in [0.29, 0.717) is 12.3 Å². The van der Waals surface area contributed by atoms with E-state index in [9.17, 15) is 13.2 Å². The van der Waals surface area contributed by atoms with Crippen molar-refractivity contribution >= 4 is 27.5 Å². The van der Waals surface area contributed by atoms with Crippen LogP contribution in [0.25, 0.3) is 0 Å². The summed E-state index contributed by atoms with van der Waals surface area (Å²) in [6, 6.07) is 1.62. The van der Waals surface area contributed by atoms with Gasteiger partial charge in [-0.05, 0) is 11.4 Å². The molecule has 0 bridgehead atoms. The summed E-state index contributed by atoms with van der Waals surface area (Å²) in [5.41, 5.74) is -0.691. The van der Waals surface area contributed by atoms with E-state index in [1.54, 1.807) is 18.5 Å². The van der Waals surface area contributed by atoms with Crippen LogP contribution in [-0.2, 0) is 14.8 Å². The Labute approximate surface area is 120 Å². The van der Waals surface area contributed by atoms with Crippen LogP contribution in [0.5, 0.6) is 5.75 Å². The molecule has 0 aromatic carbocycles. The van der Waals surface area contributed by atoms with E-state index in [1.165, 1.54) is 16.3 Å². The molecule has 3 rings (SSSR count). The summed E-state index contributed by atoms with van der Waals surface area (Å²) in [5.74, 6) is 0.344. The van der Waals surface area contributed by atoms with Crippen molar-refractivity contribution in [2.24, 2.45) is 0 Å². The Morgan fingerprint density at radius 1 is 1.40 bits per heavy atom. The number of sulfonamides is 1. The average molecular weight is 318 g/mol. The van der Waals surface area contributed by atoms with Gasteiger partial charge in [0.05, 0.1) is 26.7 Å². The zero-order valence-electron chi connectivity index (χ0n) is 11.0. The Morgan fingerprint density at radius 3 is 2.65 bits per heavy atom. The Bertz CT molecular complexity index is 648. The molecule has 2 aliphatic rings. The van der Waals surface area contributed by atoms with Gasteiger partial charge in [0.15, 0.2) is 9.81 Å². The molecule has 2 aliphatic heterocycles. The van der Waals surface area contributed by atoms with Crippen LogP contribution in [0.1, 0.15) is 0 Å². The van der Waals surface area contributed by atoms with Gasteiger partial charge in [-0.3, -0.25) is 0 Å². The quantitative estimate of drug-likeness (QED) is 0.815. The summed E-state index contributed by atoms with van der Waals surface area (Å²) in [5, 5.41) is 1.67. The van der Waals surface area contributed by atoms with E-state index < -0.39 is 21.7 Å². The van der Waals surface area contributed by atoms with Crippen LogP contribution in [0.3, 0.4) is 0 Å². The molecule has 0 saturated carbocycles. The second-order valence-electron chi connectivity index (χ2n) is 4.96. The molecule has 0 aliphatic carbocycles. The van der Waals surface area contributed by atoms with Crippen LogP contribution in [0, 0.1) is 0 Å². The Kier molecular flexibility index (Phi) is 2.96. The van der Waals surface area contributed by atoms with Crippen molar-refractivity contribution in [3.8, 4) is 5.75 Å². The lowest BCUT2D eigenvalue weighted by Crippen LogP contribution is -2.65. The first-order valence-corrected chi connectivity index (χ1v) is 8.26. The third-order valence-electron chi connectivity index (χ3n) is 3.46. The highest BCUT2D eigenvalue weighted by molar-refractivity contribution is 7.91. The van der Waals surface area contributed by atoms with Gasteiger partial charge < -0.3 is 14.4 Å². The van der Waals surface area contributed by atoms with E-state index in [-0.39, 0.29) is 17.3 Å². The van der Waals surface area contributed by atoms with Crippen molar-refractivity contribution in [1.29, 1.82) is 0 Å². The van der Waals surface area contributed by atoms with E-state index in [1.807, 2.05) is 0 Å². The van der Waals surface area contributed by atoms with Gasteiger partial charge in [0.2, 0.25) is 0 Å². The van der Waals surface area contributed by atoms with Crippen LogP contribution in [0.15, 0.2) is 15.7 Å². The van der Waals surface area contributed by atoms with Gasteiger partial charge in [-0.1, -0.05) is 0 Å². The summed E-state index contributed by atoms with van der Waals surface area (Å²) in [4.78, 5) is 12.8. The van der Waals surface area contributed by atoms with E-state index in [2.05, 4.69) is 0 Å². The number of ether oxygens (including phenoxy) is 2. The minimum atomic E-state index is -3.58. The molecule has 0 radical (unpaired) electrons. The first kappa shape index (κ1) is 13.7. The molecule has 110 valence electrons. The van der Waals surface area contributed by atoms with Crippen molar-refractivity contribution in [3.63, 3.8) is 0 Å². The highest BCUT2D eigenvalue weighted by Gasteiger charge is 2.56. The number of rotatable bonds is 3. The third-order valence-corrected chi connectivity index (χ3v) is 6.68. The van der Waals surface area contributed by atoms with Gasteiger partial charge in [-0.25, -0.2) is 13.2 Å². The highest BCUT2D eigenvalue weighted by atomic mass is 32.2. The summed E-state index contributed by atoms with van der Waals surface area (Å²) < 4.78 is 36.7. The maximum Gasteiger partial charge on any atom is 0.410 e. The number of methoxy groups -OCH3 is 1. The molecule has 7 nitrogen and oxygen atoms in total. The Morgan fingerprint density at radius 2 is 2.10 bits per heavy atom. The summed E-state index contributed by atoms with van der Waals surface area (Å²) in [7, 11) is -0.511. The first-order chi connectivity index (χ1) is 9.38. The topological polar surface area (TPSA) is 76.2 Å². The fourth-order valence-corrected chi connectivity index (χ4v) is 5.47. The monoisotopic (exact) mass is 318 g/mol. The van der Waals surface area contributed by atoms with Crippen LogP contribution in [0.4, 0.5) is 4.79 Å². The Hall–Kier alpha value is -1.32. The highest BCUT2D eigenvalue weighted by Crippen LogP contribution is 2.39. The van der Waals surface area contributed by atoms with Crippen molar-refractivity contribution in [3.05, 3.63) is 11.4 Å². The maximum atomic E-state index is 12.5. The van der Waals surface area contributed by atoms with Crippen molar-refractivity contribution < 1.29 is 22.7 Å². The molecule has 2 saturated heterocycles. The first-order valence-electron chi connectivity index (χ1n) is 5.94. The van der Waals surface area contributed by atoms with Crippen LogP contribution >= 0.6 is 11.3 Å². The number of hydrogen-bond acceptors (Lipinski definition) is 6. The second-order valence-corrected chi connectivity index (χ2v) is 8.01. The molecular formula is C11H14N2O5S2. The lowest BCUT2D eigenvalue weighted by Gasteiger charge is -2.43. The van der Waals surface area contributed by atoms with Crippen molar-refractivity contribution in [2.45, 2.75) is 9.81 Å². The number of thiophene rings is 1. The third kappa shape index (κ3) is 1.88. The molecule has 1 aromatic rings. The number of nitrogens with zero attached hydrogens (tertiary/aromatic N) is 2. The molecular weight excluding hydrogens is 304 g/mol. The Balaban J connectivity index is 1.78. The molecule has 1 amide bonds. The van der Waals surface area contributed by atoms with Crippen LogP contribution < -0.4 is 4.74 Å². The fraction of sp³-hybridized carbons (Fsp3) is 0.545. The number of carbonyl (C=O) groups is 1. The lowest BCUT2D eigenvalue weighted by molar-refractivity contribution is -0.0335. The van der Waals surface area contributed by atoms with Crippen molar-refractivity contribution in [2.75, 3.05) is 33.8 Å². The number of carbonyl (C=O) groups excluding carboxylic acids is 1. The minimum absolute atomic E-state index is 0.187. The van der Waals surface area contributed by atoms with Crippen molar-refractivity contribution in [1.82, 2.24) is 9.21 Å². The predicted octanol–water partition coefficient (Wildman–Crippen LogP) is 0.582. The normalized spacial score (nSPS) is 21.9. The second kappa shape index (κ2) is 4.34. The minimum Gasteiger partial charge on any atom is -0.494 e. The van der Waals surface area contributed by atoms with E-state index in [4.69, 9.17) is 9.47 Å². The van der Waals surface area contributed by atoms with Gasteiger partial charge in [0.1, 0.15) is 5.75 Å². The molecule has 0 atom stereocenters. The van der Waals surface area contributed by atoms with Gasteiger partial charge >= 0.3 is 6.09 Å². The summed E-state index contributed by atoms with van der Waals surface area (Å²) in [6.45, 7) is 0.790. The van der Waals surface area contributed by atoms with E-state index in [0.717, 1.165) is 11.3 Å². The number of hydrogen-bond donors (Lipinski definition) is 0. The molecule has 9 heteroatoms. The molecule has 1 aromatic heterocycles. The van der Waals surface area contributed by atoms with E-state index >= 15 is 0 Å². The standard InChI is InChI=1S/C11H14N2O5S2/c1-12-5-11(18-10(12)14)6-13(7-11)20(15,16)9-8(17-2)3-4-19-9/h3-4H,5-7H2,1-2H3. The fourth-order valence-electron chi connectivity index (χ4n) is 2.46. The molecule has 1 spiro atoms. The smallest absolute Gasteiger partial charge is 0.410 e. The molecule has 0 N–H and O–H groups in total. The zero-order valence-corrected chi connectivity index (χ0v) is 12.7. The van der Waals surface area contributed by atoms with Gasteiger partial charge in [-0.15, -0.1) is 11.3 Å². The molecule has 2 fully saturated rings. The maximum absolute atomic E-state index is 12.5. The molecule has 20 heavy (non-hydrogen) atoms. The largest absolute Gasteiger partial charge is 0.494 e. The van der Waals surface area contributed by atoms with Crippen LogP contribution in [-0.4, -0.2) is 63.1 Å².